The molecule has 0 unspecified atom stereocenters. The van der Waals surface area contributed by atoms with Crippen LogP contribution in [0.5, 0.6) is 0 Å². The minimum atomic E-state index is 0.588. The lowest BCUT2D eigenvalue weighted by Crippen LogP contribution is -2.01. The summed E-state index contributed by atoms with van der Waals surface area (Å²) in [6, 6.07) is 133. The lowest BCUT2D eigenvalue weighted by atomic mass is 9.94. The first-order valence-electron chi connectivity index (χ1n) is 38.8. The molecule has 0 saturated carbocycles. The lowest BCUT2D eigenvalue weighted by molar-refractivity contribution is 0.668. The molecule has 0 N–H and O–H groups in total. The van der Waals surface area contributed by atoms with Gasteiger partial charge in [0.1, 0.15) is 22.3 Å². The summed E-state index contributed by atoms with van der Waals surface area (Å²) < 4.78 is 17.8. The van der Waals surface area contributed by atoms with Crippen LogP contribution in [0.4, 0.5) is 0 Å². The summed E-state index contributed by atoms with van der Waals surface area (Å²) in [6.45, 7) is 0. The standard InChI is InChI=1S/2C53H31N3OS/c1-2-13-33(14-3-1)39-21-11-22-42-43-23-12-24-44(50(43)58-49(39)42)46-30-36(29-34-16-5-7-19-38(34)46)52-54-51(35-27-28-41-40-20-8-9-26-47(40)57-48(41)31-35)55-53(56-52)45-25-10-17-32-15-4-6-18-37(32)45;1-2-13-33(14-3-1)40-19-10-20-43-44-21-11-22-45(50(44)58-49(40)43)46-30-38(29-35-16-6-7-17-39(35)46)53-55-51(36-25-24-32-12-4-5-15-34(32)28-36)54-52(56-53)37-26-27-42-41-18-8-9-23-47(41)57-48(42)31-37/h2*1-31H. The molecule has 6 heterocycles. The number of hydrogen-bond donors (Lipinski definition) is 0. The van der Waals surface area contributed by atoms with Gasteiger partial charge in [-0.05, 0) is 143 Å². The van der Waals surface area contributed by atoms with Gasteiger partial charge in [0.05, 0.1) is 0 Å². The Balaban J connectivity index is 0.000000137. The average molecular weight is 1520 g/mol. The van der Waals surface area contributed by atoms with Crippen molar-refractivity contribution >= 4 is 150 Å². The summed E-state index contributed by atoms with van der Waals surface area (Å²) in [5, 5.41) is 18.5. The Morgan fingerprint density at radius 1 is 0.155 bits per heavy atom. The Hall–Kier alpha value is -14.9. The van der Waals surface area contributed by atoms with E-state index in [1.807, 2.05) is 59.1 Å². The van der Waals surface area contributed by atoms with Crippen molar-refractivity contribution in [3.05, 3.63) is 376 Å². The van der Waals surface area contributed by atoms with Crippen LogP contribution in [0.1, 0.15) is 0 Å². The average Bonchev–Trinajstić information content (AvgIpc) is 1.51. The molecule has 0 amide bonds. The summed E-state index contributed by atoms with van der Waals surface area (Å²) in [6.07, 6.45) is 0. The molecule has 0 aliphatic rings. The first kappa shape index (κ1) is 66.8. The van der Waals surface area contributed by atoms with E-state index >= 15 is 0 Å². The molecule has 540 valence electrons. The maximum Gasteiger partial charge on any atom is 0.164 e. The molecule has 10 heteroatoms. The van der Waals surface area contributed by atoms with Crippen LogP contribution in [-0.2, 0) is 0 Å². The highest BCUT2D eigenvalue weighted by Gasteiger charge is 2.24. The number of hydrogen-bond acceptors (Lipinski definition) is 10. The third kappa shape index (κ3) is 11.5. The maximum absolute atomic E-state index is 6.33. The number of aromatic nitrogens is 6. The first-order chi connectivity index (χ1) is 57.4. The largest absolute Gasteiger partial charge is 0.456 e. The molecular formula is C106H62N6O2S2. The summed E-state index contributed by atoms with van der Waals surface area (Å²) >= 11 is 3.73. The third-order valence-corrected chi connectivity index (χ3v) is 25.2. The molecule has 0 atom stereocenters. The topological polar surface area (TPSA) is 104 Å². The zero-order valence-corrected chi connectivity index (χ0v) is 63.7. The van der Waals surface area contributed by atoms with Crippen molar-refractivity contribution in [2.45, 2.75) is 0 Å². The van der Waals surface area contributed by atoms with Gasteiger partial charge in [-0.3, -0.25) is 0 Å². The Bertz CT molecular complexity index is 8110. The van der Waals surface area contributed by atoms with E-state index in [1.54, 1.807) is 0 Å². The molecule has 0 aliphatic carbocycles. The fraction of sp³-hybridized carbons (Fsp3) is 0. The van der Waals surface area contributed by atoms with E-state index in [0.717, 1.165) is 115 Å². The molecule has 0 bridgehead atoms. The van der Waals surface area contributed by atoms with Crippen molar-refractivity contribution in [1.29, 1.82) is 0 Å². The summed E-state index contributed by atoms with van der Waals surface area (Å²) in [4.78, 5) is 31.4. The number of para-hydroxylation sites is 2. The quantitative estimate of drug-likeness (QED) is 0.133. The Morgan fingerprint density at radius 2 is 0.466 bits per heavy atom. The van der Waals surface area contributed by atoms with Gasteiger partial charge in [0.25, 0.3) is 0 Å². The molecule has 0 aliphatic heterocycles. The number of benzene rings is 18. The highest BCUT2D eigenvalue weighted by atomic mass is 32.1. The number of thiophene rings is 2. The molecular weight excluding hydrogens is 1450 g/mol. The second kappa shape index (κ2) is 27.5. The van der Waals surface area contributed by atoms with Crippen LogP contribution in [0, 0.1) is 0 Å². The van der Waals surface area contributed by atoms with Crippen LogP contribution in [-0.4, -0.2) is 29.9 Å². The predicted molar refractivity (Wildman–Crippen MR) is 484 cm³/mol. The van der Waals surface area contributed by atoms with Crippen LogP contribution in [0.15, 0.2) is 385 Å². The summed E-state index contributed by atoms with van der Waals surface area (Å²) in [7, 11) is 0. The van der Waals surface area contributed by atoms with Gasteiger partial charge in [-0.25, -0.2) is 29.9 Å². The minimum absolute atomic E-state index is 0.588. The molecule has 0 saturated heterocycles. The van der Waals surface area contributed by atoms with E-state index < -0.39 is 0 Å². The second-order valence-electron chi connectivity index (χ2n) is 29.5. The number of fused-ring (bicyclic) bond motifs is 16. The van der Waals surface area contributed by atoms with Crippen LogP contribution >= 0.6 is 22.7 Å². The molecule has 18 aromatic carbocycles. The van der Waals surface area contributed by atoms with E-state index in [4.69, 9.17) is 38.7 Å². The second-order valence-corrected chi connectivity index (χ2v) is 31.5. The minimum Gasteiger partial charge on any atom is -0.456 e. The molecule has 24 rings (SSSR count). The van der Waals surface area contributed by atoms with Crippen LogP contribution in [0.25, 0.3) is 240 Å². The van der Waals surface area contributed by atoms with E-state index in [1.165, 1.54) is 89.9 Å². The van der Waals surface area contributed by atoms with Gasteiger partial charge in [0.15, 0.2) is 34.9 Å². The van der Waals surface area contributed by atoms with E-state index in [0.29, 0.717) is 34.9 Å². The lowest BCUT2D eigenvalue weighted by Gasteiger charge is -2.13. The molecule has 0 spiro atoms. The fourth-order valence-electron chi connectivity index (χ4n) is 17.1. The molecule has 0 radical (unpaired) electrons. The SMILES string of the molecule is c1ccc(-c2cccc3c2sc2c(-c4cc(-c5nc(-c6ccc7c(c6)oc6ccccc67)nc(-c6cccc7ccccc67)n5)cc5ccccc45)cccc23)cc1.c1ccc(-c2cccc3c2sc2c(-c4cc(-c5nc(-c6ccc7ccccc7c6)nc(-c6ccc7c(c6)oc6ccccc67)n5)cc5ccccc45)cccc23)cc1. The Kier molecular flexibility index (Phi) is 15.8. The van der Waals surface area contributed by atoms with Crippen molar-refractivity contribution in [1.82, 2.24) is 29.9 Å². The van der Waals surface area contributed by atoms with Crippen molar-refractivity contribution < 1.29 is 8.83 Å². The molecule has 6 aromatic heterocycles. The van der Waals surface area contributed by atoms with Crippen LogP contribution in [0.2, 0.25) is 0 Å². The van der Waals surface area contributed by atoms with Crippen molar-refractivity contribution in [3.63, 3.8) is 0 Å². The highest BCUT2D eigenvalue weighted by Crippen LogP contribution is 2.49. The van der Waals surface area contributed by atoms with Crippen molar-refractivity contribution in [3.8, 4) is 113 Å². The monoisotopic (exact) mass is 1510 g/mol. The molecule has 8 nitrogen and oxygen atoms in total. The highest BCUT2D eigenvalue weighted by molar-refractivity contribution is 7.27. The summed E-state index contributed by atoms with van der Waals surface area (Å²) in [5.74, 6) is 3.64. The maximum atomic E-state index is 6.33. The van der Waals surface area contributed by atoms with Gasteiger partial charge in [0, 0.05) is 106 Å². The molecule has 116 heavy (non-hydrogen) atoms. The number of nitrogens with zero attached hydrogens (tertiary/aromatic N) is 6. The zero-order chi connectivity index (χ0) is 76.3. The smallest absolute Gasteiger partial charge is 0.164 e. The van der Waals surface area contributed by atoms with Crippen molar-refractivity contribution in [2.24, 2.45) is 0 Å². The Morgan fingerprint density at radius 3 is 0.948 bits per heavy atom. The van der Waals surface area contributed by atoms with E-state index in [9.17, 15) is 0 Å². The van der Waals surface area contributed by atoms with E-state index in [2.05, 4.69) is 340 Å². The first-order valence-corrected chi connectivity index (χ1v) is 40.5. The summed E-state index contributed by atoms with van der Waals surface area (Å²) in [5.41, 5.74) is 18.4. The molecule has 0 fully saturated rings. The van der Waals surface area contributed by atoms with Gasteiger partial charge in [-0.15, -0.1) is 22.7 Å². The Labute approximate surface area is 672 Å². The van der Waals surface area contributed by atoms with Crippen molar-refractivity contribution in [2.75, 3.05) is 0 Å². The van der Waals surface area contributed by atoms with E-state index in [-0.39, 0.29) is 0 Å². The number of furan rings is 2. The third-order valence-electron chi connectivity index (χ3n) is 22.6. The van der Waals surface area contributed by atoms with Gasteiger partial charge >= 0.3 is 0 Å². The van der Waals surface area contributed by atoms with Gasteiger partial charge in [-0.1, -0.05) is 309 Å². The predicted octanol–water partition coefficient (Wildman–Crippen LogP) is 29.6. The van der Waals surface area contributed by atoms with Crippen LogP contribution < -0.4 is 0 Å². The zero-order valence-electron chi connectivity index (χ0n) is 62.1. The van der Waals surface area contributed by atoms with Gasteiger partial charge in [-0.2, -0.15) is 0 Å². The number of rotatable bonds is 10. The fourth-order valence-corrected chi connectivity index (χ4v) is 19.8. The molecule has 24 aromatic rings. The van der Waals surface area contributed by atoms with Gasteiger partial charge < -0.3 is 8.83 Å². The normalized spacial score (nSPS) is 11.8. The van der Waals surface area contributed by atoms with Crippen LogP contribution in [0.3, 0.4) is 0 Å². The van der Waals surface area contributed by atoms with Gasteiger partial charge in [0.2, 0.25) is 0 Å².